The molecule has 0 unspecified atom stereocenters. The van der Waals surface area contributed by atoms with Gasteiger partial charge in [-0.15, -0.1) is 0 Å². The summed E-state index contributed by atoms with van der Waals surface area (Å²) in [6.45, 7) is 1.48. The number of rotatable bonds is 8. The first kappa shape index (κ1) is 27.1. The molecule has 0 saturated carbocycles. The average Bonchev–Trinajstić information content (AvgIpc) is 3.17. The second-order valence-corrected chi connectivity index (χ2v) is 9.28. The normalized spacial score (nSPS) is 13.9. The van der Waals surface area contributed by atoms with Crippen LogP contribution in [0.25, 0.3) is 6.08 Å². The summed E-state index contributed by atoms with van der Waals surface area (Å²) in [5.41, 5.74) is 2.00. The van der Waals surface area contributed by atoms with Crippen LogP contribution in [-0.4, -0.2) is 46.5 Å². The van der Waals surface area contributed by atoms with Gasteiger partial charge in [0.1, 0.15) is 6.54 Å². The van der Waals surface area contributed by atoms with E-state index in [1.807, 2.05) is 19.1 Å². The zero-order valence-electron chi connectivity index (χ0n) is 20.7. The second kappa shape index (κ2) is 11.6. The zero-order valence-corrected chi connectivity index (χ0v) is 21.5. The van der Waals surface area contributed by atoms with Gasteiger partial charge in [-0.2, -0.15) is 0 Å². The highest BCUT2D eigenvalue weighted by atomic mass is 32.2. The molecule has 1 saturated heterocycles. The molecule has 0 aromatic heterocycles. The van der Waals surface area contributed by atoms with Crippen molar-refractivity contribution in [3.05, 3.63) is 98.4 Å². The number of esters is 1. The van der Waals surface area contributed by atoms with Gasteiger partial charge in [-0.3, -0.25) is 29.4 Å². The fourth-order valence-corrected chi connectivity index (χ4v) is 4.34. The van der Waals surface area contributed by atoms with Gasteiger partial charge in [-0.05, 0) is 66.7 Å². The number of ether oxygens (including phenoxy) is 2. The molecule has 3 aromatic rings. The first-order valence-electron chi connectivity index (χ1n) is 11.4. The van der Waals surface area contributed by atoms with Crippen LogP contribution in [-0.2, 0) is 9.59 Å². The molecule has 3 aromatic carbocycles. The van der Waals surface area contributed by atoms with Crippen LogP contribution in [0.3, 0.4) is 0 Å². The van der Waals surface area contributed by atoms with Gasteiger partial charge >= 0.3 is 5.97 Å². The average molecular weight is 548 g/mol. The highest BCUT2D eigenvalue weighted by Crippen LogP contribution is 2.35. The maximum atomic E-state index is 12.8. The molecule has 11 nitrogen and oxygen atoms in total. The molecule has 0 atom stereocenters. The van der Waals surface area contributed by atoms with Crippen molar-refractivity contribution in [1.29, 1.82) is 0 Å². The molecule has 0 radical (unpaired) electrons. The number of hydrogen-bond acceptors (Lipinski definition) is 9. The molecule has 39 heavy (non-hydrogen) atoms. The van der Waals surface area contributed by atoms with Gasteiger partial charge in [0.25, 0.3) is 16.8 Å². The lowest BCUT2D eigenvalue weighted by molar-refractivity contribution is -0.384. The summed E-state index contributed by atoms with van der Waals surface area (Å²) in [6, 6.07) is 16.6. The molecule has 3 amide bonds. The van der Waals surface area contributed by atoms with E-state index in [1.54, 1.807) is 18.2 Å². The Bertz CT molecular complexity index is 1500. The van der Waals surface area contributed by atoms with E-state index in [2.05, 4.69) is 5.32 Å². The summed E-state index contributed by atoms with van der Waals surface area (Å²) in [7, 11) is 1.36. The summed E-state index contributed by atoms with van der Waals surface area (Å²) >= 11 is 0.700. The number of aryl methyl sites for hydroxylation is 1. The number of imide groups is 1. The van der Waals surface area contributed by atoms with Crippen molar-refractivity contribution < 1.29 is 33.6 Å². The molecule has 12 heteroatoms. The third-order valence-corrected chi connectivity index (χ3v) is 6.42. The van der Waals surface area contributed by atoms with Crippen LogP contribution in [0.15, 0.2) is 71.6 Å². The summed E-state index contributed by atoms with van der Waals surface area (Å²) in [4.78, 5) is 61.3. The van der Waals surface area contributed by atoms with E-state index in [9.17, 15) is 29.3 Å². The minimum absolute atomic E-state index is 0.0823. The highest BCUT2D eigenvalue weighted by molar-refractivity contribution is 8.18. The number of carbonyl (C=O) groups is 4. The number of amides is 3. The van der Waals surface area contributed by atoms with Crippen molar-refractivity contribution in [3.8, 4) is 11.5 Å². The molecular formula is C27H21N3O8S. The Morgan fingerprint density at radius 3 is 2.36 bits per heavy atom. The molecule has 0 aliphatic carbocycles. The van der Waals surface area contributed by atoms with Crippen molar-refractivity contribution in [2.24, 2.45) is 0 Å². The van der Waals surface area contributed by atoms with Gasteiger partial charge in [0.05, 0.1) is 22.5 Å². The number of benzene rings is 3. The van der Waals surface area contributed by atoms with Gasteiger partial charge in [-0.25, -0.2) is 4.79 Å². The number of methoxy groups -OCH3 is 1. The number of nitrogens with one attached hydrogen (secondary N) is 1. The Morgan fingerprint density at radius 2 is 1.72 bits per heavy atom. The Labute approximate surface area is 226 Å². The number of hydrogen-bond donors (Lipinski definition) is 1. The monoisotopic (exact) mass is 547 g/mol. The van der Waals surface area contributed by atoms with Crippen molar-refractivity contribution in [2.45, 2.75) is 6.92 Å². The number of nitro benzene ring substituents is 1. The number of nitro groups is 1. The fourth-order valence-electron chi connectivity index (χ4n) is 3.50. The Kier molecular flexibility index (Phi) is 8.06. The maximum absolute atomic E-state index is 12.8. The van der Waals surface area contributed by atoms with Gasteiger partial charge in [0.15, 0.2) is 11.5 Å². The first-order valence-corrected chi connectivity index (χ1v) is 12.2. The number of non-ortho nitro benzene ring substituents is 1. The molecule has 198 valence electrons. The minimum Gasteiger partial charge on any atom is -0.493 e. The Balaban J connectivity index is 1.44. The lowest BCUT2D eigenvalue weighted by atomic mass is 10.1. The first-order chi connectivity index (χ1) is 18.6. The van der Waals surface area contributed by atoms with Gasteiger partial charge in [-0.1, -0.05) is 23.8 Å². The van der Waals surface area contributed by atoms with E-state index in [4.69, 9.17) is 9.47 Å². The van der Waals surface area contributed by atoms with Crippen LogP contribution in [0.2, 0.25) is 0 Å². The zero-order chi connectivity index (χ0) is 28.1. The van der Waals surface area contributed by atoms with Gasteiger partial charge in [0.2, 0.25) is 5.91 Å². The molecule has 1 aliphatic rings. The number of anilines is 1. The SMILES string of the molecule is COc1cc(/C=C2\SC(=O)N(CC(=O)Nc3ccc(C)cc3)C2=O)ccc1OC(=O)c1ccc([N+](=O)[O-])cc1. The summed E-state index contributed by atoms with van der Waals surface area (Å²) in [5.74, 6) is -1.62. The summed E-state index contributed by atoms with van der Waals surface area (Å²) in [5, 5.41) is 12.9. The lowest BCUT2D eigenvalue weighted by Gasteiger charge is -2.12. The van der Waals surface area contributed by atoms with Crippen molar-refractivity contribution >= 4 is 52.2 Å². The molecule has 0 bridgehead atoms. The van der Waals surface area contributed by atoms with Crippen LogP contribution in [0, 0.1) is 17.0 Å². The third kappa shape index (κ3) is 6.48. The van der Waals surface area contributed by atoms with Crippen molar-refractivity contribution in [3.63, 3.8) is 0 Å². The summed E-state index contributed by atoms with van der Waals surface area (Å²) < 4.78 is 10.7. The predicted molar refractivity (Wildman–Crippen MR) is 144 cm³/mol. The topological polar surface area (TPSA) is 145 Å². The third-order valence-electron chi connectivity index (χ3n) is 5.51. The van der Waals surface area contributed by atoms with Gasteiger partial charge < -0.3 is 14.8 Å². The molecule has 1 heterocycles. The summed E-state index contributed by atoms with van der Waals surface area (Å²) in [6.07, 6.45) is 1.47. The lowest BCUT2D eigenvalue weighted by Crippen LogP contribution is -2.36. The van der Waals surface area contributed by atoms with E-state index in [0.29, 0.717) is 23.0 Å². The van der Waals surface area contributed by atoms with Crippen LogP contribution in [0.1, 0.15) is 21.5 Å². The Hall–Kier alpha value is -4.97. The largest absolute Gasteiger partial charge is 0.493 e. The standard InChI is InChI=1S/C27H21N3O8S/c1-16-3-8-19(9-4-16)28-24(31)15-29-25(32)23(39-27(29)34)14-17-5-12-21(22(13-17)37-2)38-26(33)18-6-10-20(11-7-18)30(35)36/h3-14H,15H2,1-2H3,(H,28,31)/b23-14-. The van der Waals surface area contributed by atoms with E-state index in [1.165, 1.54) is 49.6 Å². The van der Waals surface area contributed by atoms with Crippen molar-refractivity contribution in [1.82, 2.24) is 4.90 Å². The van der Waals surface area contributed by atoms with Gasteiger partial charge in [0, 0.05) is 17.8 Å². The molecule has 4 rings (SSSR count). The maximum Gasteiger partial charge on any atom is 0.343 e. The minimum atomic E-state index is -0.749. The highest BCUT2D eigenvalue weighted by Gasteiger charge is 2.36. The number of thioether (sulfide) groups is 1. The second-order valence-electron chi connectivity index (χ2n) is 8.29. The molecule has 1 aliphatic heterocycles. The Morgan fingerprint density at radius 1 is 1.03 bits per heavy atom. The van der Waals surface area contributed by atoms with E-state index in [0.717, 1.165) is 10.5 Å². The van der Waals surface area contributed by atoms with Crippen LogP contribution in [0.5, 0.6) is 11.5 Å². The van der Waals surface area contributed by atoms with E-state index >= 15 is 0 Å². The van der Waals surface area contributed by atoms with E-state index in [-0.39, 0.29) is 27.7 Å². The fraction of sp³-hybridized carbons (Fsp3) is 0.111. The smallest absolute Gasteiger partial charge is 0.343 e. The van der Waals surface area contributed by atoms with Crippen LogP contribution < -0.4 is 14.8 Å². The van der Waals surface area contributed by atoms with Crippen LogP contribution >= 0.6 is 11.8 Å². The number of carbonyl (C=O) groups excluding carboxylic acids is 4. The van der Waals surface area contributed by atoms with Crippen molar-refractivity contribution in [2.75, 3.05) is 19.0 Å². The molecular weight excluding hydrogens is 526 g/mol. The molecule has 0 spiro atoms. The molecule has 1 N–H and O–H groups in total. The van der Waals surface area contributed by atoms with E-state index < -0.39 is 34.5 Å². The number of nitrogens with zero attached hydrogens (tertiary/aromatic N) is 2. The molecule has 1 fully saturated rings. The predicted octanol–water partition coefficient (Wildman–Crippen LogP) is 4.81. The quantitative estimate of drug-likeness (QED) is 0.138. The van der Waals surface area contributed by atoms with Crippen LogP contribution in [0.4, 0.5) is 16.2 Å².